The van der Waals surface area contributed by atoms with Gasteiger partial charge in [-0.2, -0.15) is 0 Å². The van der Waals surface area contributed by atoms with Crippen molar-refractivity contribution in [2.24, 2.45) is 0 Å². The number of methoxy groups -OCH3 is 1. The molecule has 0 saturated carbocycles. The molecule has 3 aromatic rings. The van der Waals surface area contributed by atoms with E-state index < -0.39 is 5.97 Å². The first kappa shape index (κ1) is 22.5. The van der Waals surface area contributed by atoms with E-state index in [1.165, 1.54) is 0 Å². The standard InChI is InChI=1S/C25H17BrCl2O4/c1-30-24-12-15(3-9-22(24)31-14-16-2-8-20(27)21(28)11-16)10-18-13-23(32-25(18)29)17-4-6-19(26)7-5-17/h2-13H,14H2,1H3/b18-10+. The van der Waals surface area contributed by atoms with Crippen molar-refractivity contribution in [2.75, 3.05) is 7.11 Å². The topological polar surface area (TPSA) is 44.8 Å². The van der Waals surface area contributed by atoms with E-state index in [2.05, 4.69) is 15.9 Å². The summed E-state index contributed by atoms with van der Waals surface area (Å²) in [5.74, 6) is 1.23. The van der Waals surface area contributed by atoms with Crippen molar-refractivity contribution >= 4 is 56.9 Å². The molecule has 3 aromatic carbocycles. The number of hydrogen-bond acceptors (Lipinski definition) is 4. The van der Waals surface area contributed by atoms with Crippen LogP contribution >= 0.6 is 39.1 Å². The summed E-state index contributed by atoms with van der Waals surface area (Å²) in [7, 11) is 1.56. The number of esters is 1. The highest BCUT2D eigenvalue weighted by atomic mass is 79.9. The number of carbonyl (C=O) groups excluding carboxylic acids is 1. The Morgan fingerprint density at radius 1 is 0.969 bits per heavy atom. The van der Waals surface area contributed by atoms with Crippen LogP contribution in [0, 0.1) is 0 Å². The van der Waals surface area contributed by atoms with Crippen LogP contribution in [0.4, 0.5) is 0 Å². The maximum absolute atomic E-state index is 12.3. The van der Waals surface area contributed by atoms with E-state index in [1.807, 2.05) is 36.4 Å². The molecule has 1 heterocycles. The van der Waals surface area contributed by atoms with Gasteiger partial charge in [0.1, 0.15) is 12.4 Å². The van der Waals surface area contributed by atoms with Crippen molar-refractivity contribution in [1.82, 2.24) is 0 Å². The summed E-state index contributed by atoms with van der Waals surface area (Å²) in [4.78, 5) is 12.3. The SMILES string of the molecule is COc1cc(/C=C2\C=C(c3ccc(Br)cc3)OC2=O)ccc1OCc1ccc(Cl)c(Cl)c1. The van der Waals surface area contributed by atoms with E-state index in [9.17, 15) is 4.79 Å². The van der Waals surface area contributed by atoms with Crippen LogP contribution in [-0.2, 0) is 16.1 Å². The van der Waals surface area contributed by atoms with Crippen molar-refractivity contribution < 1.29 is 19.0 Å². The lowest BCUT2D eigenvalue weighted by Gasteiger charge is -2.12. The van der Waals surface area contributed by atoms with E-state index in [0.717, 1.165) is 21.2 Å². The molecule has 0 atom stereocenters. The summed E-state index contributed by atoms with van der Waals surface area (Å²) in [6, 6.07) is 18.3. The summed E-state index contributed by atoms with van der Waals surface area (Å²) in [6.45, 7) is 0.305. The highest BCUT2D eigenvalue weighted by molar-refractivity contribution is 9.10. The summed E-state index contributed by atoms with van der Waals surface area (Å²) in [5, 5.41) is 0.967. The van der Waals surface area contributed by atoms with Crippen LogP contribution in [0.5, 0.6) is 11.5 Å². The summed E-state index contributed by atoms with van der Waals surface area (Å²) >= 11 is 15.4. The molecule has 1 aliphatic heterocycles. The molecule has 0 aliphatic carbocycles. The van der Waals surface area contributed by atoms with Crippen molar-refractivity contribution in [3.05, 3.63) is 104 Å². The normalized spacial score (nSPS) is 14.3. The van der Waals surface area contributed by atoms with Crippen LogP contribution in [0.1, 0.15) is 16.7 Å². The number of cyclic esters (lactones) is 1. The van der Waals surface area contributed by atoms with Crippen molar-refractivity contribution in [2.45, 2.75) is 6.61 Å². The first-order valence-corrected chi connectivity index (χ1v) is 11.1. The van der Waals surface area contributed by atoms with Crippen LogP contribution in [0.15, 0.2) is 76.8 Å². The minimum absolute atomic E-state index is 0.305. The number of hydrogen-bond donors (Lipinski definition) is 0. The zero-order valence-electron chi connectivity index (χ0n) is 16.9. The average Bonchev–Trinajstić information content (AvgIpc) is 3.15. The quantitative estimate of drug-likeness (QED) is 0.247. The van der Waals surface area contributed by atoms with Gasteiger partial charge >= 0.3 is 5.97 Å². The monoisotopic (exact) mass is 530 g/mol. The second-order valence-corrected chi connectivity index (χ2v) is 8.68. The molecule has 0 radical (unpaired) electrons. The van der Waals surface area contributed by atoms with Crippen LogP contribution in [0.25, 0.3) is 11.8 Å². The summed E-state index contributed by atoms with van der Waals surface area (Å²) < 4.78 is 17.7. The highest BCUT2D eigenvalue weighted by Gasteiger charge is 2.22. The molecule has 0 fully saturated rings. The molecular formula is C25H17BrCl2O4. The Hall–Kier alpha value is -2.73. The number of rotatable bonds is 6. The van der Waals surface area contributed by atoms with Gasteiger partial charge in [0.05, 0.1) is 22.7 Å². The Morgan fingerprint density at radius 2 is 1.75 bits per heavy atom. The van der Waals surface area contributed by atoms with Gasteiger partial charge in [0.25, 0.3) is 0 Å². The third-order valence-corrected chi connectivity index (χ3v) is 6.01. The minimum atomic E-state index is -0.401. The molecule has 0 unspecified atom stereocenters. The molecule has 1 aliphatic rings. The Labute approximate surface area is 204 Å². The van der Waals surface area contributed by atoms with Crippen molar-refractivity contribution in [1.29, 1.82) is 0 Å². The lowest BCUT2D eigenvalue weighted by molar-refractivity contribution is -0.130. The fourth-order valence-corrected chi connectivity index (χ4v) is 3.69. The Morgan fingerprint density at radius 3 is 2.47 bits per heavy atom. The Bertz CT molecular complexity index is 1230. The molecule has 0 N–H and O–H groups in total. The number of ether oxygens (including phenoxy) is 3. The van der Waals surface area contributed by atoms with Gasteiger partial charge in [-0.25, -0.2) is 4.79 Å². The zero-order valence-corrected chi connectivity index (χ0v) is 20.0. The molecule has 0 saturated heterocycles. The van der Waals surface area contributed by atoms with E-state index in [-0.39, 0.29) is 0 Å². The first-order valence-electron chi connectivity index (χ1n) is 9.59. The first-order chi connectivity index (χ1) is 15.4. The fourth-order valence-electron chi connectivity index (χ4n) is 3.11. The number of halogens is 3. The third kappa shape index (κ3) is 5.18. The molecule has 0 bridgehead atoms. The molecule has 32 heavy (non-hydrogen) atoms. The predicted octanol–water partition coefficient (Wildman–Crippen LogP) is 7.32. The summed E-state index contributed by atoms with van der Waals surface area (Å²) in [6.07, 6.45) is 3.48. The molecular weight excluding hydrogens is 515 g/mol. The van der Waals surface area contributed by atoms with Crippen LogP contribution in [0.2, 0.25) is 10.0 Å². The van der Waals surface area contributed by atoms with Gasteiger partial charge in [-0.3, -0.25) is 0 Å². The van der Waals surface area contributed by atoms with Gasteiger partial charge in [-0.15, -0.1) is 0 Å². The Kier molecular flexibility index (Phi) is 6.89. The van der Waals surface area contributed by atoms with Gasteiger partial charge in [0.2, 0.25) is 0 Å². The van der Waals surface area contributed by atoms with Gasteiger partial charge in [-0.05, 0) is 59.7 Å². The fraction of sp³-hybridized carbons (Fsp3) is 0.0800. The lowest BCUT2D eigenvalue weighted by Crippen LogP contribution is -1.99. The van der Waals surface area contributed by atoms with Gasteiger partial charge < -0.3 is 14.2 Å². The third-order valence-electron chi connectivity index (χ3n) is 4.74. The van der Waals surface area contributed by atoms with Gasteiger partial charge in [0.15, 0.2) is 11.5 Å². The highest BCUT2D eigenvalue weighted by Crippen LogP contribution is 2.32. The van der Waals surface area contributed by atoms with E-state index in [4.69, 9.17) is 37.4 Å². The number of benzene rings is 3. The summed E-state index contributed by atoms with van der Waals surface area (Å²) in [5.41, 5.74) is 2.94. The molecule has 0 spiro atoms. The van der Waals surface area contributed by atoms with E-state index >= 15 is 0 Å². The molecule has 0 amide bonds. The minimum Gasteiger partial charge on any atom is -0.493 e. The Balaban J connectivity index is 1.53. The van der Waals surface area contributed by atoms with Gasteiger partial charge in [0, 0.05) is 10.0 Å². The molecule has 0 aromatic heterocycles. The second-order valence-electron chi connectivity index (χ2n) is 6.95. The molecule has 4 rings (SSSR count). The largest absolute Gasteiger partial charge is 0.493 e. The van der Waals surface area contributed by atoms with Crippen molar-refractivity contribution in [3.8, 4) is 11.5 Å². The van der Waals surface area contributed by atoms with Gasteiger partial charge in [-0.1, -0.05) is 63.4 Å². The maximum Gasteiger partial charge on any atom is 0.343 e. The molecule has 4 nitrogen and oxygen atoms in total. The zero-order chi connectivity index (χ0) is 22.7. The second kappa shape index (κ2) is 9.82. The molecule has 162 valence electrons. The lowest BCUT2D eigenvalue weighted by atomic mass is 10.1. The average molecular weight is 532 g/mol. The van der Waals surface area contributed by atoms with Crippen molar-refractivity contribution in [3.63, 3.8) is 0 Å². The van der Waals surface area contributed by atoms with E-state index in [0.29, 0.717) is 39.5 Å². The molecule has 7 heteroatoms. The van der Waals surface area contributed by atoms with Crippen LogP contribution < -0.4 is 9.47 Å². The smallest absolute Gasteiger partial charge is 0.343 e. The predicted molar refractivity (Wildman–Crippen MR) is 130 cm³/mol. The number of carbonyl (C=O) groups is 1. The van der Waals surface area contributed by atoms with Crippen LogP contribution in [0.3, 0.4) is 0 Å². The van der Waals surface area contributed by atoms with E-state index in [1.54, 1.807) is 43.5 Å². The van der Waals surface area contributed by atoms with Crippen LogP contribution in [-0.4, -0.2) is 13.1 Å². The maximum atomic E-state index is 12.3.